The molecule has 1 aromatic rings. The number of carbonyl (C=O) groups is 4. The Balaban J connectivity index is 2.24. The van der Waals surface area contributed by atoms with E-state index in [0.717, 1.165) is 12.8 Å². The molecule has 2 amide bonds. The minimum absolute atomic E-state index is 0.0100. The van der Waals surface area contributed by atoms with E-state index < -0.39 is 53.9 Å². The minimum atomic E-state index is -1.38. The quantitative estimate of drug-likeness (QED) is 0.201. The van der Waals surface area contributed by atoms with Crippen LogP contribution in [0.2, 0.25) is 0 Å². The van der Waals surface area contributed by atoms with Crippen molar-refractivity contribution in [2.75, 3.05) is 5.32 Å². The van der Waals surface area contributed by atoms with Gasteiger partial charge in [0.15, 0.2) is 11.8 Å². The summed E-state index contributed by atoms with van der Waals surface area (Å²) < 4.78 is 10.7. The van der Waals surface area contributed by atoms with Gasteiger partial charge < -0.3 is 30.3 Å². The van der Waals surface area contributed by atoms with Crippen molar-refractivity contribution in [1.29, 1.82) is 0 Å². The van der Waals surface area contributed by atoms with E-state index >= 15 is 0 Å². The van der Waals surface area contributed by atoms with Crippen LogP contribution in [0.5, 0.6) is 5.75 Å². The van der Waals surface area contributed by atoms with E-state index in [1.54, 1.807) is 0 Å². The third-order valence-electron chi connectivity index (χ3n) is 5.42. The molecule has 1 aliphatic heterocycles. The highest BCUT2D eigenvalue weighted by Crippen LogP contribution is 2.28. The van der Waals surface area contributed by atoms with Crippen molar-refractivity contribution in [2.45, 2.75) is 70.8 Å². The molecule has 0 unspecified atom stereocenters. The zero-order valence-corrected chi connectivity index (χ0v) is 18.4. The maximum atomic E-state index is 12.7. The second-order valence-corrected chi connectivity index (χ2v) is 7.79. The lowest BCUT2D eigenvalue weighted by Gasteiger charge is -2.24. The fourth-order valence-corrected chi connectivity index (χ4v) is 3.53. The predicted molar refractivity (Wildman–Crippen MR) is 114 cm³/mol. The Morgan fingerprint density at radius 2 is 1.81 bits per heavy atom. The zero-order chi connectivity index (χ0) is 23.8. The van der Waals surface area contributed by atoms with E-state index in [2.05, 4.69) is 10.6 Å². The summed E-state index contributed by atoms with van der Waals surface area (Å²) in [4.78, 5) is 48.8. The van der Waals surface area contributed by atoms with Gasteiger partial charge >= 0.3 is 11.9 Å². The molecule has 0 aliphatic carbocycles. The number of cyclic esters (lactones) is 2. The van der Waals surface area contributed by atoms with Gasteiger partial charge in [0, 0.05) is 0 Å². The maximum Gasteiger partial charge on any atom is 0.332 e. The number of para-hydroxylation sites is 1. The number of unbranched alkanes of at least 4 members (excludes halogenated alkanes) is 2. The van der Waals surface area contributed by atoms with Crippen LogP contribution in [-0.2, 0) is 23.9 Å². The van der Waals surface area contributed by atoms with E-state index in [0.29, 0.717) is 19.3 Å². The van der Waals surface area contributed by atoms with Gasteiger partial charge in [0.2, 0.25) is 6.41 Å². The molecule has 1 saturated heterocycles. The molecule has 10 heteroatoms. The minimum Gasteiger partial charge on any atom is -0.505 e. The molecule has 1 fully saturated rings. The van der Waals surface area contributed by atoms with Crippen LogP contribution in [-0.4, -0.2) is 58.8 Å². The number of phenols is 1. The Kier molecular flexibility index (Phi) is 9.01. The van der Waals surface area contributed by atoms with Gasteiger partial charge in [-0.2, -0.15) is 0 Å². The molecule has 1 heterocycles. The summed E-state index contributed by atoms with van der Waals surface area (Å²) in [6, 6.07) is 2.75. The Morgan fingerprint density at radius 3 is 2.47 bits per heavy atom. The molecule has 1 aromatic carbocycles. The van der Waals surface area contributed by atoms with Crippen LogP contribution >= 0.6 is 0 Å². The van der Waals surface area contributed by atoms with Crippen LogP contribution in [0.3, 0.4) is 0 Å². The second-order valence-electron chi connectivity index (χ2n) is 7.79. The Bertz CT molecular complexity index is 843. The molecule has 176 valence electrons. The van der Waals surface area contributed by atoms with Crippen molar-refractivity contribution >= 4 is 29.9 Å². The standard InChI is InChI=1S/C22H30N2O8/c1-4-5-6-8-15-18(26)13(3)32-22(30)17(12(2)31-21(15)29)24-20(28)14-9-7-10-16(19(14)27)23-11-25/h7,9-13,15,17-18,26-27H,4-6,8H2,1-3H3,(H,23,25)(H,24,28)/t12-,13+,15-,17+,18+/m1/s1. The SMILES string of the molecule is CCCCC[C@H]1C(=O)O[C@H](C)[C@H](NC(=O)c2cccc(NC=O)c2O)C(=O)O[C@@H](C)[C@@H]1O. The van der Waals surface area contributed by atoms with Crippen molar-refractivity contribution in [3.05, 3.63) is 23.8 Å². The predicted octanol–water partition coefficient (Wildman–Crippen LogP) is 1.49. The summed E-state index contributed by atoms with van der Waals surface area (Å²) in [7, 11) is 0. The van der Waals surface area contributed by atoms with Crippen molar-refractivity contribution < 1.29 is 38.9 Å². The largest absolute Gasteiger partial charge is 0.505 e. The van der Waals surface area contributed by atoms with Crippen LogP contribution in [0.15, 0.2) is 18.2 Å². The molecular weight excluding hydrogens is 420 g/mol. The Morgan fingerprint density at radius 1 is 1.12 bits per heavy atom. The lowest BCUT2D eigenvalue weighted by molar-refractivity contribution is -0.160. The monoisotopic (exact) mass is 450 g/mol. The number of ether oxygens (including phenoxy) is 2. The normalized spacial score (nSPS) is 26.1. The number of hydrogen-bond acceptors (Lipinski definition) is 8. The Hall–Kier alpha value is -3.14. The van der Waals surface area contributed by atoms with Crippen LogP contribution in [0, 0.1) is 5.92 Å². The van der Waals surface area contributed by atoms with Crippen LogP contribution < -0.4 is 10.6 Å². The number of anilines is 1. The summed E-state index contributed by atoms with van der Waals surface area (Å²) in [6.45, 7) is 4.91. The number of rotatable bonds is 8. The van der Waals surface area contributed by atoms with E-state index in [1.165, 1.54) is 32.0 Å². The number of aliphatic hydroxyl groups is 1. The van der Waals surface area contributed by atoms with Crippen LogP contribution in [0.1, 0.15) is 56.8 Å². The van der Waals surface area contributed by atoms with Gasteiger partial charge in [0.05, 0.1) is 17.2 Å². The topological polar surface area (TPSA) is 151 Å². The van der Waals surface area contributed by atoms with Gasteiger partial charge in [0.25, 0.3) is 5.91 Å². The number of phenolic OH excluding ortho intramolecular Hbond substituents is 1. The van der Waals surface area contributed by atoms with Gasteiger partial charge in [-0.15, -0.1) is 0 Å². The molecule has 2 rings (SSSR count). The Labute approximate surface area is 186 Å². The number of amides is 2. The van der Waals surface area contributed by atoms with E-state index in [1.807, 2.05) is 6.92 Å². The average Bonchev–Trinajstić information content (AvgIpc) is 2.77. The van der Waals surface area contributed by atoms with Gasteiger partial charge in [-0.3, -0.25) is 14.4 Å². The number of aliphatic hydroxyl groups excluding tert-OH is 1. The van der Waals surface area contributed by atoms with E-state index in [9.17, 15) is 29.4 Å². The number of aromatic hydroxyl groups is 1. The highest BCUT2D eigenvalue weighted by Gasteiger charge is 2.41. The molecule has 10 nitrogen and oxygen atoms in total. The summed E-state index contributed by atoms with van der Waals surface area (Å²) in [6.07, 6.45) is -0.110. The number of nitrogens with one attached hydrogen (secondary N) is 2. The molecule has 1 aliphatic rings. The number of hydrogen-bond donors (Lipinski definition) is 4. The zero-order valence-electron chi connectivity index (χ0n) is 18.4. The molecule has 0 saturated carbocycles. The highest BCUT2D eigenvalue weighted by atomic mass is 16.6. The summed E-state index contributed by atoms with van der Waals surface area (Å²) in [5.41, 5.74) is -0.190. The van der Waals surface area contributed by atoms with E-state index in [4.69, 9.17) is 9.47 Å². The first-order chi connectivity index (χ1) is 15.2. The fourth-order valence-electron chi connectivity index (χ4n) is 3.53. The third kappa shape index (κ3) is 5.97. The second kappa shape index (κ2) is 11.5. The summed E-state index contributed by atoms with van der Waals surface area (Å²) in [5, 5.41) is 25.5. The molecular formula is C22H30N2O8. The first-order valence-corrected chi connectivity index (χ1v) is 10.6. The molecule has 5 atom stereocenters. The van der Waals surface area contributed by atoms with Crippen LogP contribution in [0.25, 0.3) is 0 Å². The van der Waals surface area contributed by atoms with Crippen molar-refractivity contribution in [2.24, 2.45) is 5.92 Å². The number of esters is 2. The summed E-state index contributed by atoms with van der Waals surface area (Å²) >= 11 is 0. The number of benzene rings is 1. The lowest BCUT2D eigenvalue weighted by atomic mass is 9.92. The van der Waals surface area contributed by atoms with E-state index in [-0.39, 0.29) is 11.3 Å². The van der Waals surface area contributed by atoms with Crippen molar-refractivity contribution in [1.82, 2.24) is 5.32 Å². The first kappa shape index (κ1) is 25.1. The maximum absolute atomic E-state index is 12.7. The molecule has 0 radical (unpaired) electrons. The number of carbonyl (C=O) groups excluding carboxylic acids is 4. The molecule has 32 heavy (non-hydrogen) atoms. The first-order valence-electron chi connectivity index (χ1n) is 10.6. The highest BCUT2D eigenvalue weighted by molar-refractivity contribution is 6.01. The fraction of sp³-hybridized carbons (Fsp3) is 0.545. The van der Waals surface area contributed by atoms with Gasteiger partial charge in [-0.1, -0.05) is 32.3 Å². The molecule has 0 aromatic heterocycles. The molecule has 0 bridgehead atoms. The molecule has 4 N–H and O–H groups in total. The lowest BCUT2D eigenvalue weighted by Crippen LogP contribution is -2.50. The smallest absolute Gasteiger partial charge is 0.332 e. The molecule has 0 spiro atoms. The average molecular weight is 450 g/mol. The van der Waals surface area contributed by atoms with Crippen molar-refractivity contribution in [3.8, 4) is 5.75 Å². The summed E-state index contributed by atoms with van der Waals surface area (Å²) in [5.74, 6) is -3.75. The van der Waals surface area contributed by atoms with Crippen LogP contribution in [0.4, 0.5) is 5.69 Å². The van der Waals surface area contributed by atoms with Gasteiger partial charge in [-0.25, -0.2) is 4.79 Å². The van der Waals surface area contributed by atoms with Crippen molar-refractivity contribution in [3.63, 3.8) is 0 Å². The van der Waals surface area contributed by atoms with Gasteiger partial charge in [0.1, 0.15) is 18.3 Å². The third-order valence-corrected chi connectivity index (χ3v) is 5.42. The van der Waals surface area contributed by atoms with Gasteiger partial charge in [-0.05, 0) is 32.4 Å².